The Balaban J connectivity index is 1.28. The molecule has 0 radical (unpaired) electrons. The van der Waals surface area contributed by atoms with Crippen LogP contribution in [0.2, 0.25) is 0 Å². The molecule has 1 aromatic rings. The summed E-state index contributed by atoms with van der Waals surface area (Å²) in [6, 6.07) is 3.34. The summed E-state index contributed by atoms with van der Waals surface area (Å²) in [4.78, 5) is 0. The molecule has 162 valence electrons. The van der Waals surface area contributed by atoms with Gasteiger partial charge in [0.15, 0.2) is 11.6 Å². The predicted molar refractivity (Wildman–Crippen MR) is 111 cm³/mol. The van der Waals surface area contributed by atoms with Crippen molar-refractivity contribution in [2.24, 2.45) is 23.7 Å². The molecule has 1 aliphatic heterocycles. The molecule has 3 fully saturated rings. The molecule has 29 heavy (non-hydrogen) atoms. The van der Waals surface area contributed by atoms with Gasteiger partial charge in [0.1, 0.15) is 0 Å². The Morgan fingerprint density at radius 3 is 2.03 bits per heavy atom. The molecule has 0 bridgehead atoms. The Morgan fingerprint density at radius 2 is 1.45 bits per heavy atom. The molecular formula is C25H36F2O2. The SMILES string of the molecule is CCOc1ccc(C2CCC(C3CCC(C4CCCOC4)CC3)CC2)c(F)c1F. The van der Waals surface area contributed by atoms with Crippen molar-refractivity contribution in [2.75, 3.05) is 19.8 Å². The summed E-state index contributed by atoms with van der Waals surface area (Å²) in [5.41, 5.74) is 0.547. The van der Waals surface area contributed by atoms with E-state index in [1.807, 2.05) is 0 Å². The number of hydrogen-bond acceptors (Lipinski definition) is 2. The third kappa shape index (κ3) is 4.78. The Bertz CT molecular complexity index is 655. The zero-order chi connectivity index (χ0) is 20.2. The van der Waals surface area contributed by atoms with Crippen LogP contribution in [0.15, 0.2) is 12.1 Å². The smallest absolute Gasteiger partial charge is 0.200 e. The fourth-order valence-corrected chi connectivity index (χ4v) is 6.26. The van der Waals surface area contributed by atoms with E-state index in [1.165, 1.54) is 38.5 Å². The van der Waals surface area contributed by atoms with E-state index in [2.05, 4.69) is 0 Å². The molecule has 1 aromatic carbocycles. The van der Waals surface area contributed by atoms with Gasteiger partial charge in [-0.15, -0.1) is 0 Å². The van der Waals surface area contributed by atoms with Crippen molar-refractivity contribution < 1.29 is 18.3 Å². The molecule has 2 nitrogen and oxygen atoms in total. The lowest BCUT2D eigenvalue weighted by atomic mass is 9.66. The Hall–Kier alpha value is -1.16. The van der Waals surface area contributed by atoms with Crippen LogP contribution in [0.25, 0.3) is 0 Å². The molecular weight excluding hydrogens is 370 g/mol. The van der Waals surface area contributed by atoms with E-state index in [0.29, 0.717) is 12.2 Å². The molecule has 0 aromatic heterocycles. The fraction of sp³-hybridized carbons (Fsp3) is 0.760. The number of ether oxygens (including phenoxy) is 2. The molecule has 1 heterocycles. The van der Waals surface area contributed by atoms with Gasteiger partial charge in [-0.1, -0.05) is 6.07 Å². The van der Waals surface area contributed by atoms with Gasteiger partial charge in [-0.05, 0) is 112 Å². The summed E-state index contributed by atoms with van der Waals surface area (Å²) in [7, 11) is 0. The van der Waals surface area contributed by atoms with Crippen LogP contribution in [0.3, 0.4) is 0 Å². The highest BCUT2D eigenvalue weighted by molar-refractivity contribution is 5.33. The van der Waals surface area contributed by atoms with Crippen molar-refractivity contribution in [3.63, 3.8) is 0 Å². The number of hydrogen-bond donors (Lipinski definition) is 0. The standard InChI is InChI=1S/C25H36F2O2/c1-2-29-23-14-13-22(24(26)25(23)27)20-11-9-18(10-12-20)17-5-7-19(8-6-17)21-4-3-15-28-16-21/h13-14,17-21H,2-12,15-16H2,1H3. The van der Waals surface area contributed by atoms with Gasteiger partial charge in [0.05, 0.1) is 6.61 Å². The molecule has 1 unspecified atom stereocenters. The molecule has 2 aliphatic carbocycles. The lowest BCUT2D eigenvalue weighted by Gasteiger charge is -2.40. The van der Waals surface area contributed by atoms with Crippen molar-refractivity contribution in [3.8, 4) is 5.75 Å². The van der Waals surface area contributed by atoms with Gasteiger partial charge in [0, 0.05) is 13.2 Å². The van der Waals surface area contributed by atoms with E-state index in [1.54, 1.807) is 19.1 Å². The molecule has 0 N–H and O–H groups in total. The van der Waals surface area contributed by atoms with E-state index in [4.69, 9.17) is 9.47 Å². The highest BCUT2D eigenvalue weighted by Crippen LogP contribution is 2.46. The number of benzene rings is 1. The minimum atomic E-state index is -0.823. The zero-order valence-corrected chi connectivity index (χ0v) is 17.8. The van der Waals surface area contributed by atoms with Crippen LogP contribution in [-0.4, -0.2) is 19.8 Å². The van der Waals surface area contributed by atoms with Crippen LogP contribution in [0.5, 0.6) is 5.75 Å². The van der Waals surface area contributed by atoms with Crippen LogP contribution in [0.4, 0.5) is 8.78 Å². The summed E-state index contributed by atoms with van der Waals surface area (Å²) in [6.07, 6.45) is 12.3. The summed E-state index contributed by atoms with van der Waals surface area (Å²) in [5.74, 6) is 1.91. The number of rotatable bonds is 5. The Kier molecular flexibility index (Phi) is 7.10. The Labute approximate surface area is 174 Å². The first kappa shape index (κ1) is 21.1. The summed E-state index contributed by atoms with van der Waals surface area (Å²) in [6.45, 7) is 4.05. The van der Waals surface area contributed by atoms with Crippen molar-refractivity contribution in [1.82, 2.24) is 0 Å². The highest BCUT2D eigenvalue weighted by atomic mass is 19.2. The normalized spacial score (nSPS) is 33.4. The van der Waals surface area contributed by atoms with Crippen molar-refractivity contribution in [1.29, 1.82) is 0 Å². The van der Waals surface area contributed by atoms with Crippen LogP contribution < -0.4 is 4.74 Å². The first-order valence-corrected chi connectivity index (χ1v) is 11.9. The zero-order valence-electron chi connectivity index (χ0n) is 17.8. The second kappa shape index (κ2) is 9.76. The number of halogens is 2. The minimum Gasteiger partial charge on any atom is -0.491 e. The fourth-order valence-electron chi connectivity index (χ4n) is 6.26. The predicted octanol–water partition coefficient (Wildman–Crippen LogP) is 6.87. The molecule has 4 rings (SSSR count). The second-order valence-corrected chi connectivity index (χ2v) is 9.48. The maximum absolute atomic E-state index is 14.6. The van der Waals surface area contributed by atoms with Gasteiger partial charge in [-0.25, -0.2) is 4.39 Å². The topological polar surface area (TPSA) is 18.5 Å². The summed E-state index contributed by atoms with van der Waals surface area (Å²) >= 11 is 0. The maximum Gasteiger partial charge on any atom is 0.200 e. The molecule has 0 amide bonds. The Morgan fingerprint density at radius 1 is 0.828 bits per heavy atom. The molecule has 2 saturated carbocycles. The lowest BCUT2D eigenvalue weighted by Crippen LogP contribution is -2.31. The van der Waals surface area contributed by atoms with E-state index in [0.717, 1.165) is 62.6 Å². The van der Waals surface area contributed by atoms with Crippen LogP contribution in [0, 0.1) is 35.3 Å². The van der Waals surface area contributed by atoms with E-state index >= 15 is 0 Å². The minimum absolute atomic E-state index is 0.0301. The summed E-state index contributed by atoms with van der Waals surface area (Å²) < 4.78 is 39.7. The van der Waals surface area contributed by atoms with Gasteiger partial charge >= 0.3 is 0 Å². The van der Waals surface area contributed by atoms with Crippen LogP contribution in [-0.2, 0) is 4.74 Å². The van der Waals surface area contributed by atoms with E-state index < -0.39 is 11.6 Å². The van der Waals surface area contributed by atoms with Gasteiger partial charge in [0.2, 0.25) is 5.82 Å². The third-order valence-corrected chi connectivity index (χ3v) is 7.93. The summed E-state index contributed by atoms with van der Waals surface area (Å²) in [5, 5.41) is 0. The molecule has 3 aliphatic rings. The van der Waals surface area contributed by atoms with Crippen LogP contribution in [0.1, 0.15) is 82.6 Å². The van der Waals surface area contributed by atoms with E-state index in [9.17, 15) is 8.78 Å². The molecule has 1 atom stereocenters. The lowest BCUT2D eigenvalue weighted by molar-refractivity contribution is 0.0140. The largest absolute Gasteiger partial charge is 0.491 e. The maximum atomic E-state index is 14.6. The third-order valence-electron chi connectivity index (χ3n) is 7.93. The van der Waals surface area contributed by atoms with Gasteiger partial charge in [-0.2, -0.15) is 4.39 Å². The molecule has 0 spiro atoms. The van der Waals surface area contributed by atoms with E-state index in [-0.39, 0.29) is 11.7 Å². The van der Waals surface area contributed by atoms with Gasteiger partial charge in [0.25, 0.3) is 0 Å². The highest BCUT2D eigenvalue weighted by Gasteiger charge is 2.34. The second-order valence-electron chi connectivity index (χ2n) is 9.48. The van der Waals surface area contributed by atoms with Crippen molar-refractivity contribution in [3.05, 3.63) is 29.3 Å². The van der Waals surface area contributed by atoms with Crippen molar-refractivity contribution >= 4 is 0 Å². The quantitative estimate of drug-likeness (QED) is 0.531. The monoisotopic (exact) mass is 406 g/mol. The average Bonchev–Trinajstić information content (AvgIpc) is 2.78. The molecule has 1 saturated heterocycles. The first-order valence-electron chi connectivity index (χ1n) is 11.9. The molecule has 4 heteroatoms. The van der Waals surface area contributed by atoms with Gasteiger partial charge in [-0.3, -0.25) is 0 Å². The van der Waals surface area contributed by atoms with Crippen molar-refractivity contribution in [2.45, 2.75) is 77.0 Å². The first-order chi connectivity index (χ1) is 14.2. The van der Waals surface area contributed by atoms with Crippen LogP contribution >= 0.6 is 0 Å². The van der Waals surface area contributed by atoms with Gasteiger partial charge < -0.3 is 9.47 Å². The average molecular weight is 407 g/mol.